The van der Waals surface area contributed by atoms with Gasteiger partial charge in [0, 0.05) is 0 Å². The monoisotopic (exact) mass is 334 g/mol. The summed E-state index contributed by atoms with van der Waals surface area (Å²) in [6.07, 6.45) is 0. The van der Waals surface area contributed by atoms with Gasteiger partial charge in [0.25, 0.3) is 0 Å². The highest BCUT2D eigenvalue weighted by molar-refractivity contribution is 6.21. The fourth-order valence-electron chi connectivity index (χ4n) is 4.10. The normalized spacial score (nSPS) is 12.8. The first-order chi connectivity index (χ1) is 12.9. The van der Waals surface area contributed by atoms with Crippen molar-refractivity contribution in [2.75, 3.05) is 0 Å². The molecule has 1 aliphatic carbocycles. The molecule has 0 amide bonds. The number of hydrogen-bond donors (Lipinski definition) is 1. The summed E-state index contributed by atoms with van der Waals surface area (Å²) in [6, 6.07) is 31.8. The maximum absolute atomic E-state index is 9.79. The van der Waals surface area contributed by atoms with Crippen LogP contribution < -0.4 is 0 Å². The third kappa shape index (κ3) is 2.15. The lowest BCUT2D eigenvalue weighted by molar-refractivity contribution is 0.283. The highest BCUT2D eigenvalue weighted by Gasteiger charge is 2.26. The Balaban J connectivity index is 1.92. The van der Waals surface area contributed by atoms with E-state index in [-0.39, 0.29) is 6.61 Å². The molecule has 26 heavy (non-hydrogen) atoms. The molecule has 0 saturated heterocycles. The van der Waals surface area contributed by atoms with Crippen LogP contribution in [0.2, 0.25) is 0 Å². The molecule has 4 aromatic rings. The fourth-order valence-corrected chi connectivity index (χ4v) is 4.10. The van der Waals surface area contributed by atoms with Crippen molar-refractivity contribution in [3.8, 4) is 0 Å². The average Bonchev–Trinajstić information content (AvgIpc) is 3.06. The molecule has 124 valence electrons. The molecule has 0 aromatic heterocycles. The van der Waals surface area contributed by atoms with Gasteiger partial charge >= 0.3 is 0 Å². The zero-order valence-corrected chi connectivity index (χ0v) is 14.3. The number of aliphatic hydroxyl groups excluding tert-OH is 1. The van der Waals surface area contributed by atoms with Crippen LogP contribution in [-0.4, -0.2) is 5.11 Å². The predicted octanol–water partition coefficient (Wildman–Crippen LogP) is 5.65. The van der Waals surface area contributed by atoms with E-state index in [4.69, 9.17) is 0 Å². The molecule has 1 aliphatic rings. The Bertz CT molecular complexity index is 1080. The van der Waals surface area contributed by atoms with Gasteiger partial charge in [0.2, 0.25) is 0 Å². The topological polar surface area (TPSA) is 20.2 Å². The highest BCUT2D eigenvalue weighted by atomic mass is 16.3. The van der Waals surface area contributed by atoms with Gasteiger partial charge in [0.1, 0.15) is 0 Å². The van der Waals surface area contributed by atoms with Crippen molar-refractivity contribution in [1.82, 2.24) is 0 Å². The van der Waals surface area contributed by atoms with Gasteiger partial charge in [-0.25, -0.2) is 0 Å². The Morgan fingerprint density at radius 2 is 1.12 bits per heavy atom. The van der Waals surface area contributed by atoms with E-state index in [1.165, 1.54) is 38.8 Å². The first-order valence-corrected chi connectivity index (χ1v) is 8.90. The van der Waals surface area contributed by atoms with Crippen LogP contribution in [0.3, 0.4) is 0 Å². The predicted molar refractivity (Wildman–Crippen MR) is 108 cm³/mol. The van der Waals surface area contributed by atoms with Crippen molar-refractivity contribution in [2.24, 2.45) is 0 Å². The SMILES string of the molecule is OCc1ccc2c3c(cccc13)C(c1ccccc1)=C2c1ccccc1. The van der Waals surface area contributed by atoms with E-state index < -0.39 is 0 Å². The molecule has 1 heteroatoms. The molecule has 0 heterocycles. The lowest BCUT2D eigenvalue weighted by Gasteiger charge is -2.11. The van der Waals surface area contributed by atoms with Gasteiger partial charge in [0.05, 0.1) is 6.61 Å². The van der Waals surface area contributed by atoms with Crippen molar-refractivity contribution >= 4 is 21.9 Å². The van der Waals surface area contributed by atoms with Crippen LogP contribution in [-0.2, 0) is 6.61 Å². The van der Waals surface area contributed by atoms with Crippen LogP contribution in [0.1, 0.15) is 27.8 Å². The van der Waals surface area contributed by atoms with E-state index in [2.05, 4.69) is 91.0 Å². The van der Waals surface area contributed by atoms with Crippen LogP contribution in [0.5, 0.6) is 0 Å². The minimum atomic E-state index is 0.0571. The molecule has 0 saturated carbocycles. The molecular formula is C25H18O. The summed E-state index contributed by atoms with van der Waals surface area (Å²) >= 11 is 0. The number of hydrogen-bond acceptors (Lipinski definition) is 1. The van der Waals surface area contributed by atoms with Gasteiger partial charge in [-0.1, -0.05) is 91.0 Å². The van der Waals surface area contributed by atoms with Gasteiger partial charge in [-0.15, -0.1) is 0 Å². The van der Waals surface area contributed by atoms with E-state index in [0.717, 1.165) is 10.9 Å². The second-order valence-electron chi connectivity index (χ2n) is 6.64. The van der Waals surface area contributed by atoms with Crippen molar-refractivity contribution in [1.29, 1.82) is 0 Å². The maximum atomic E-state index is 9.79. The molecule has 1 N–H and O–H groups in total. The first-order valence-electron chi connectivity index (χ1n) is 8.90. The zero-order valence-electron chi connectivity index (χ0n) is 14.3. The van der Waals surface area contributed by atoms with E-state index >= 15 is 0 Å². The molecule has 5 rings (SSSR count). The Labute approximate surface area is 152 Å². The first kappa shape index (κ1) is 15.1. The second-order valence-corrected chi connectivity index (χ2v) is 6.64. The molecule has 0 unspecified atom stereocenters. The van der Waals surface area contributed by atoms with Crippen molar-refractivity contribution in [3.05, 3.63) is 119 Å². The van der Waals surface area contributed by atoms with Crippen LogP contribution >= 0.6 is 0 Å². The Hall–Kier alpha value is -3.16. The fraction of sp³-hybridized carbons (Fsp3) is 0.0400. The summed E-state index contributed by atoms with van der Waals surface area (Å²) < 4.78 is 0. The summed E-state index contributed by atoms with van der Waals surface area (Å²) in [7, 11) is 0. The quantitative estimate of drug-likeness (QED) is 0.452. The summed E-state index contributed by atoms with van der Waals surface area (Å²) in [5, 5.41) is 12.2. The van der Waals surface area contributed by atoms with E-state index in [9.17, 15) is 5.11 Å². The van der Waals surface area contributed by atoms with Gasteiger partial charge in [-0.2, -0.15) is 0 Å². The molecular weight excluding hydrogens is 316 g/mol. The Morgan fingerprint density at radius 1 is 0.538 bits per heavy atom. The minimum Gasteiger partial charge on any atom is -0.392 e. The zero-order chi connectivity index (χ0) is 17.5. The lowest BCUT2D eigenvalue weighted by atomic mass is 9.93. The average molecular weight is 334 g/mol. The number of aliphatic hydroxyl groups is 1. The molecule has 0 atom stereocenters. The van der Waals surface area contributed by atoms with E-state index in [1.807, 2.05) is 0 Å². The van der Waals surface area contributed by atoms with Crippen molar-refractivity contribution < 1.29 is 5.11 Å². The summed E-state index contributed by atoms with van der Waals surface area (Å²) in [5.41, 5.74) is 8.46. The van der Waals surface area contributed by atoms with Gasteiger partial charge in [0.15, 0.2) is 0 Å². The lowest BCUT2D eigenvalue weighted by Crippen LogP contribution is -1.90. The van der Waals surface area contributed by atoms with Crippen molar-refractivity contribution in [3.63, 3.8) is 0 Å². The van der Waals surface area contributed by atoms with E-state index in [0.29, 0.717) is 0 Å². The highest BCUT2D eigenvalue weighted by Crippen LogP contribution is 2.48. The number of benzene rings is 4. The molecule has 1 nitrogen and oxygen atoms in total. The smallest absolute Gasteiger partial charge is 0.0687 e. The summed E-state index contributed by atoms with van der Waals surface area (Å²) in [5.74, 6) is 0. The van der Waals surface area contributed by atoms with Crippen LogP contribution in [0.4, 0.5) is 0 Å². The van der Waals surface area contributed by atoms with Crippen LogP contribution in [0.25, 0.3) is 21.9 Å². The van der Waals surface area contributed by atoms with Crippen LogP contribution in [0, 0.1) is 0 Å². The van der Waals surface area contributed by atoms with E-state index in [1.54, 1.807) is 0 Å². The molecule has 4 aromatic carbocycles. The molecule has 0 aliphatic heterocycles. The van der Waals surface area contributed by atoms with Gasteiger partial charge in [-0.05, 0) is 49.7 Å². The maximum Gasteiger partial charge on any atom is 0.0687 e. The third-order valence-corrected chi connectivity index (χ3v) is 5.21. The van der Waals surface area contributed by atoms with Gasteiger partial charge in [-0.3, -0.25) is 0 Å². The minimum absolute atomic E-state index is 0.0571. The summed E-state index contributed by atoms with van der Waals surface area (Å²) in [6.45, 7) is 0.0571. The Kier molecular flexibility index (Phi) is 3.48. The van der Waals surface area contributed by atoms with Crippen LogP contribution in [0.15, 0.2) is 91.0 Å². The molecule has 0 radical (unpaired) electrons. The molecule has 0 spiro atoms. The molecule has 0 bridgehead atoms. The third-order valence-electron chi connectivity index (χ3n) is 5.21. The summed E-state index contributed by atoms with van der Waals surface area (Å²) in [4.78, 5) is 0. The van der Waals surface area contributed by atoms with Crippen molar-refractivity contribution in [2.45, 2.75) is 6.61 Å². The second kappa shape index (κ2) is 5.98. The largest absolute Gasteiger partial charge is 0.392 e. The Morgan fingerprint density at radius 3 is 1.69 bits per heavy atom. The molecule has 0 fully saturated rings. The van der Waals surface area contributed by atoms with Gasteiger partial charge < -0.3 is 5.11 Å². The number of rotatable bonds is 3. The standard InChI is InChI=1S/C25H18O/c26-16-19-14-15-22-24(18-10-5-2-6-11-18)23(17-8-3-1-4-9-17)21-13-7-12-20(19)25(21)22/h1-15,26H,16H2.